The van der Waals surface area contributed by atoms with Crippen molar-refractivity contribution in [2.75, 3.05) is 26.2 Å². The van der Waals surface area contributed by atoms with Gasteiger partial charge in [-0.3, -0.25) is 4.79 Å². The van der Waals surface area contributed by atoms with Gasteiger partial charge in [-0.05, 0) is 24.1 Å². The van der Waals surface area contributed by atoms with E-state index in [0.717, 1.165) is 31.1 Å². The fraction of sp³-hybridized carbons (Fsp3) is 0.417. The molecular weight excluding hydrogens is 224 g/mol. The molecule has 4 heteroatoms. The van der Waals surface area contributed by atoms with E-state index in [1.807, 2.05) is 29.2 Å². The van der Waals surface area contributed by atoms with Gasteiger partial charge in [0.1, 0.15) is 0 Å². The van der Waals surface area contributed by atoms with E-state index in [9.17, 15) is 4.79 Å². The molecule has 1 aromatic rings. The normalized spacial score (nSPS) is 16.6. The number of carbonyl (C=O) groups is 1. The molecule has 0 radical (unpaired) electrons. The Morgan fingerprint density at radius 3 is 2.75 bits per heavy atom. The molecule has 0 aromatic heterocycles. The standard InChI is InChI=1S/C12H15ClN2O/c13-11-3-1-10(2-4-11)5-7-15-8-6-14-9-12(15)16/h1-4,14H,5-9H2. The van der Waals surface area contributed by atoms with E-state index in [1.54, 1.807) is 0 Å². The van der Waals surface area contributed by atoms with Crippen molar-refractivity contribution in [3.63, 3.8) is 0 Å². The second-order valence-electron chi connectivity index (χ2n) is 3.93. The van der Waals surface area contributed by atoms with Crippen molar-refractivity contribution in [2.24, 2.45) is 0 Å². The molecule has 1 amide bonds. The molecule has 0 atom stereocenters. The number of nitrogens with zero attached hydrogens (tertiary/aromatic N) is 1. The van der Waals surface area contributed by atoms with Crippen LogP contribution in [0.4, 0.5) is 0 Å². The maximum Gasteiger partial charge on any atom is 0.236 e. The highest BCUT2D eigenvalue weighted by Crippen LogP contribution is 2.10. The van der Waals surface area contributed by atoms with Crippen molar-refractivity contribution in [3.8, 4) is 0 Å². The zero-order valence-corrected chi connectivity index (χ0v) is 9.83. The Morgan fingerprint density at radius 2 is 2.06 bits per heavy atom. The van der Waals surface area contributed by atoms with Gasteiger partial charge in [0, 0.05) is 24.7 Å². The van der Waals surface area contributed by atoms with Crippen LogP contribution in [-0.4, -0.2) is 37.0 Å². The third-order valence-corrected chi connectivity index (χ3v) is 3.02. The summed E-state index contributed by atoms with van der Waals surface area (Å²) in [5.41, 5.74) is 1.22. The van der Waals surface area contributed by atoms with E-state index < -0.39 is 0 Å². The lowest BCUT2D eigenvalue weighted by Gasteiger charge is -2.27. The second-order valence-corrected chi connectivity index (χ2v) is 4.37. The third kappa shape index (κ3) is 2.97. The molecule has 16 heavy (non-hydrogen) atoms. The van der Waals surface area contributed by atoms with Crippen molar-refractivity contribution in [2.45, 2.75) is 6.42 Å². The summed E-state index contributed by atoms with van der Waals surface area (Å²) < 4.78 is 0. The number of carbonyl (C=O) groups excluding carboxylic acids is 1. The van der Waals surface area contributed by atoms with Crippen molar-refractivity contribution >= 4 is 17.5 Å². The van der Waals surface area contributed by atoms with Gasteiger partial charge in [-0.25, -0.2) is 0 Å². The van der Waals surface area contributed by atoms with Crippen LogP contribution in [0.1, 0.15) is 5.56 Å². The summed E-state index contributed by atoms with van der Waals surface area (Å²) in [4.78, 5) is 13.4. The van der Waals surface area contributed by atoms with Crippen molar-refractivity contribution < 1.29 is 4.79 Å². The number of amides is 1. The van der Waals surface area contributed by atoms with Crippen LogP contribution in [0.2, 0.25) is 5.02 Å². The van der Waals surface area contributed by atoms with Gasteiger partial charge in [0.25, 0.3) is 0 Å². The van der Waals surface area contributed by atoms with Gasteiger partial charge in [-0.15, -0.1) is 0 Å². The number of benzene rings is 1. The first-order chi connectivity index (χ1) is 7.75. The molecule has 1 N–H and O–H groups in total. The van der Waals surface area contributed by atoms with Gasteiger partial charge >= 0.3 is 0 Å². The van der Waals surface area contributed by atoms with Crippen LogP contribution in [0.15, 0.2) is 24.3 Å². The Labute approximate surface area is 100 Å². The van der Waals surface area contributed by atoms with Crippen LogP contribution in [-0.2, 0) is 11.2 Å². The minimum Gasteiger partial charge on any atom is -0.340 e. The zero-order chi connectivity index (χ0) is 11.4. The first kappa shape index (κ1) is 11.4. The Hall–Kier alpha value is -1.06. The first-order valence-corrected chi connectivity index (χ1v) is 5.86. The molecule has 86 valence electrons. The summed E-state index contributed by atoms with van der Waals surface area (Å²) in [5.74, 6) is 0.195. The topological polar surface area (TPSA) is 32.3 Å². The zero-order valence-electron chi connectivity index (χ0n) is 9.08. The van der Waals surface area contributed by atoms with Crippen LogP contribution in [0.3, 0.4) is 0 Å². The fourth-order valence-corrected chi connectivity index (χ4v) is 1.92. The number of rotatable bonds is 3. The highest BCUT2D eigenvalue weighted by atomic mass is 35.5. The summed E-state index contributed by atoms with van der Waals surface area (Å²) in [7, 11) is 0. The Morgan fingerprint density at radius 1 is 1.31 bits per heavy atom. The maximum absolute atomic E-state index is 11.5. The molecule has 0 unspecified atom stereocenters. The van der Waals surface area contributed by atoms with Crippen LogP contribution in [0.5, 0.6) is 0 Å². The molecule has 0 aliphatic carbocycles. The van der Waals surface area contributed by atoms with Gasteiger partial charge in [-0.1, -0.05) is 23.7 Å². The minimum absolute atomic E-state index is 0.195. The van der Waals surface area contributed by atoms with Crippen LogP contribution < -0.4 is 5.32 Å². The molecule has 1 fully saturated rings. The van der Waals surface area contributed by atoms with Crippen LogP contribution in [0, 0.1) is 0 Å². The molecule has 0 bridgehead atoms. The highest BCUT2D eigenvalue weighted by molar-refractivity contribution is 6.30. The minimum atomic E-state index is 0.195. The molecule has 1 aliphatic rings. The third-order valence-electron chi connectivity index (χ3n) is 2.77. The number of nitrogens with one attached hydrogen (secondary N) is 1. The van der Waals surface area contributed by atoms with Gasteiger partial charge in [0.15, 0.2) is 0 Å². The van der Waals surface area contributed by atoms with E-state index in [4.69, 9.17) is 11.6 Å². The number of piperazine rings is 1. The highest BCUT2D eigenvalue weighted by Gasteiger charge is 2.16. The maximum atomic E-state index is 11.5. The Bertz CT molecular complexity index is 364. The largest absolute Gasteiger partial charge is 0.340 e. The second kappa shape index (κ2) is 5.32. The average molecular weight is 239 g/mol. The summed E-state index contributed by atoms with van der Waals surface area (Å²) in [5, 5.41) is 3.81. The molecule has 1 aliphatic heterocycles. The Balaban J connectivity index is 1.86. The van der Waals surface area contributed by atoms with Crippen LogP contribution in [0.25, 0.3) is 0 Å². The van der Waals surface area contributed by atoms with E-state index in [2.05, 4.69) is 5.32 Å². The molecule has 0 saturated carbocycles. The van der Waals surface area contributed by atoms with Crippen LogP contribution >= 0.6 is 11.6 Å². The summed E-state index contributed by atoms with van der Waals surface area (Å²) in [6, 6.07) is 7.79. The van der Waals surface area contributed by atoms with E-state index in [1.165, 1.54) is 5.56 Å². The first-order valence-electron chi connectivity index (χ1n) is 5.48. The lowest BCUT2D eigenvalue weighted by molar-refractivity contribution is -0.131. The SMILES string of the molecule is O=C1CNCCN1CCc1ccc(Cl)cc1. The van der Waals surface area contributed by atoms with E-state index >= 15 is 0 Å². The lowest BCUT2D eigenvalue weighted by atomic mass is 10.1. The summed E-state index contributed by atoms with van der Waals surface area (Å²) in [6.07, 6.45) is 0.892. The lowest BCUT2D eigenvalue weighted by Crippen LogP contribution is -2.48. The smallest absolute Gasteiger partial charge is 0.236 e. The molecule has 1 aromatic carbocycles. The summed E-state index contributed by atoms with van der Waals surface area (Å²) >= 11 is 5.81. The van der Waals surface area contributed by atoms with Crippen molar-refractivity contribution in [1.29, 1.82) is 0 Å². The summed E-state index contributed by atoms with van der Waals surface area (Å²) in [6.45, 7) is 2.97. The van der Waals surface area contributed by atoms with Gasteiger partial charge < -0.3 is 10.2 Å². The molecule has 1 saturated heterocycles. The Kier molecular flexibility index (Phi) is 3.80. The van der Waals surface area contributed by atoms with Crippen molar-refractivity contribution in [1.82, 2.24) is 10.2 Å². The van der Waals surface area contributed by atoms with Crippen molar-refractivity contribution in [3.05, 3.63) is 34.9 Å². The molecule has 3 nitrogen and oxygen atoms in total. The number of hydrogen-bond donors (Lipinski definition) is 1. The number of hydrogen-bond acceptors (Lipinski definition) is 2. The average Bonchev–Trinajstić information content (AvgIpc) is 2.30. The van der Waals surface area contributed by atoms with E-state index in [-0.39, 0.29) is 5.91 Å². The molecule has 2 rings (SSSR count). The number of halogens is 1. The molecular formula is C12H15ClN2O. The van der Waals surface area contributed by atoms with Gasteiger partial charge in [0.05, 0.1) is 6.54 Å². The molecule has 1 heterocycles. The predicted octanol–water partition coefficient (Wildman–Crippen LogP) is 1.31. The van der Waals surface area contributed by atoms with Gasteiger partial charge in [-0.2, -0.15) is 0 Å². The van der Waals surface area contributed by atoms with Gasteiger partial charge in [0.2, 0.25) is 5.91 Å². The quantitative estimate of drug-likeness (QED) is 0.862. The monoisotopic (exact) mass is 238 g/mol. The van der Waals surface area contributed by atoms with E-state index in [0.29, 0.717) is 6.54 Å². The predicted molar refractivity (Wildman–Crippen MR) is 64.6 cm³/mol. The molecule has 0 spiro atoms. The fourth-order valence-electron chi connectivity index (χ4n) is 1.80.